The fourth-order valence-electron chi connectivity index (χ4n) is 6.95. The number of aliphatic hydroxyl groups excluding tert-OH is 1. The third-order valence-electron chi connectivity index (χ3n) is 8.41. The number of carbonyl (C=O) groups is 3. The van der Waals surface area contributed by atoms with Crippen LogP contribution in [0.5, 0.6) is 0 Å². The van der Waals surface area contributed by atoms with Crippen LogP contribution in [0, 0.1) is 11.8 Å². The van der Waals surface area contributed by atoms with Crippen LogP contribution in [0.3, 0.4) is 0 Å². The quantitative estimate of drug-likeness (QED) is 0.547. The lowest BCUT2D eigenvalue weighted by atomic mass is 9.70. The van der Waals surface area contributed by atoms with Gasteiger partial charge in [-0.05, 0) is 44.6 Å². The summed E-state index contributed by atoms with van der Waals surface area (Å²) in [5.74, 6) is -2.45. The topological polar surface area (TPSA) is 105 Å². The maximum Gasteiger partial charge on any atom is 0.312 e. The Kier molecular flexibility index (Phi) is 6.86. The zero-order valence-corrected chi connectivity index (χ0v) is 20.4. The van der Waals surface area contributed by atoms with E-state index in [1.165, 1.54) is 6.42 Å². The third-order valence-corrected chi connectivity index (χ3v) is 8.41. The molecular weight excluding hydrogens is 448 g/mol. The number of amides is 2. The van der Waals surface area contributed by atoms with Gasteiger partial charge < -0.3 is 24.8 Å². The summed E-state index contributed by atoms with van der Waals surface area (Å²) < 4.78 is 11.8. The number of aliphatic hydroxyl groups is 1. The van der Waals surface area contributed by atoms with E-state index in [1.54, 1.807) is 11.8 Å². The summed E-state index contributed by atoms with van der Waals surface area (Å²) in [4.78, 5) is 42.4. The van der Waals surface area contributed by atoms with Crippen LogP contribution < -0.4 is 5.32 Å². The Morgan fingerprint density at radius 2 is 1.94 bits per heavy atom. The number of hydrogen-bond donors (Lipinski definition) is 2. The van der Waals surface area contributed by atoms with Crippen LogP contribution in [0.15, 0.2) is 30.3 Å². The Bertz CT molecular complexity index is 948. The van der Waals surface area contributed by atoms with Crippen molar-refractivity contribution in [3.05, 3.63) is 35.9 Å². The van der Waals surface area contributed by atoms with E-state index < -0.39 is 41.6 Å². The van der Waals surface area contributed by atoms with Crippen molar-refractivity contribution in [1.82, 2.24) is 10.2 Å². The SMILES string of the molecule is CCOC(=O)[C@@H]1[C@@H]2CC[C@]3(O2)[C@H](C(=O)NC2CCCCC2)N([C@@H](CO)Cc2ccccc2)C(=O)[C@@H]13. The monoisotopic (exact) mass is 484 g/mol. The van der Waals surface area contributed by atoms with Gasteiger partial charge in [0.15, 0.2) is 0 Å². The molecule has 5 rings (SSSR count). The molecule has 1 spiro atoms. The normalized spacial score (nSPS) is 33.0. The van der Waals surface area contributed by atoms with Gasteiger partial charge in [0, 0.05) is 6.04 Å². The first-order valence-corrected chi connectivity index (χ1v) is 13.1. The fourth-order valence-corrected chi connectivity index (χ4v) is 6.95. The van der Waals surface area contributed by atoms with E-state index in [4.69, 9.17) is 9.47 Å². The zero-order valence-electron chi connectivity index (χ0n) is 20.4. The molecular formula is C27H36N2O6. The smallest absolute Gasteiger partial charge is 0.312 e. The Hall–Kier alpha value is -2.45. The van der Waals surface area contributed by atoms with Gasteiger partial charge in [0.1, 0.15) is 11.6 Å². The molecule has 0 aromatic heterocycles. The van der Waals surface area contributed by atoms with Gasteiger partial charge in [0.25, 0.3) is 0 Å². The minimum Gasteiger partial charge on any atom is -0.466 e. The van der Waals surface area contributed by atoms with Crippen molar-refractivity contribution in [2.24, 2.45) is 11.8 Å². The number of ether oxygens (including phenoxy) is 2. The molecule has 1 aromatic rings. The molecule has 190 valence electrons. The standard InChI is InChI=1S/C27H36N2O6/c1-2-34-26(33)21-20-13-14-27(35-20)22(21)25(32)29(19(16-30)15-17-9-5-3-6-10-17)23(27)24(31)28-18-11-7-4-8-12-18/h3,5-6,9-10,18-23,30H,2,4,7-8,11-16H2,1H3,(H,28,31)/t19-,20+,21-,22-,23+,27-/m1/s1. The molecule has 3 saturated heterocycles. The highest BCUT2D eigenvalue weighted by Crippen LogP contribution is 2.59. The van der Waals surface area contributed by atoms with Crippen LogP contribution in [0.2, 0.25) is 0 Å². The van der Waals surface area contributed by atoms with E-state index in [0.717, 1.165) is 31.2 Å². The summed E-state index contributed by atoms with van der Waals surface area (Å²) in [6, 6.07) is 8.23. The molecule has 1 aromatic carbocycles. The molecule has 2 N–H and O–H groups in total. The minimum atomic E-state index is -1.07. The summed E-state index contributed by atoms with van der Waals surface area (Å²) in [6.07, 6.45) is 6.29. The number of hydrogen-bond acceptors (Lipinski definition) is 6. The summed E-state index contributed by atoms with van der Waals surface area (Å²) in [7, 11) is 0. The van der Waals surface area contributed by atoms with Crippen molar-refractivity contribution >= 4 is 17.8 Å². The molecule has 4 fully saturated rings. The lowest BCUT2D eigenvalue weighted by Gasteiger charge is -2.38. The molecule has 6 atom stereocenters. The second-order valence-corrected chi connectivity index (χ2v) is 10.4. The van der Waals surface area contributed by atoms with Gasteiger partial charge in [-0.15, -0.1) is 0 Å². The molecule has 2 amide bonds. The van der Waals surface area contributed by atoms with Crippen LogP contribution in [0.4, 0.5) is 0 Å². The molecule has 0 unspecified atom stereocenters. The van der Waals surface area contributed by atoms with E-state index in [1.807, 2.05) is 30.3 Å². The van der Waals surface area contributed by atoms with Crippen LogP contribution in [0.25, 0.3) is 0 Å². The summed E-state index contributed by atoms with van der Waals surface area (Å²) >= 11 is 0. The highest BCUT2D eigenvalue weighted by molar-refractivity contribution is 5.98. The molecule has 35 heavy (non-hydrogen) atoms. The first-order chi connectivity index (χ1) is 17.0. The fraction of sp³-hybridized carbons (Fsp3) is 0.667. The number of carbonyl (C=O) groups excluding carboxylic acids is 3. The van der Waals surface area contributed by atoms with Gasteiger partial charge in [0.2, 0.25) is 11.8 Å². The first kappa shape index (κ1) is 24.3. The van der Waals surface area contributed by atoms with Gasteiger partial charge >= 0.3 is 5.97 Å². The van der Waals surface area contributed by atoms with Crippen molar-refractivity contribution in [3.63, 3.8) is 0 Å². The molecule has 3 heterocycles. The number of benzene rings is 1. The molecule has 8 nitrogen and oxygen atoms in total. The van der Waals surface area contributed by atoms with Crippen molar-refractivity contribution in [1.29, 1.82) is 0 Å². The minimum absolute atomic E-state index is 0.0739. The highest BCUT2D eigenvalue weighted by Gasteiger charge is 2.75. The zero-order chi connectivity index (χ0) is 24.6. The van der Waals surface area contributed by atoms with Gasteiger partial charge in [-0.1, -0.05) is 49.6 Å². The summed E-state index contributed by atoms with van der Waals surface area (Å²) in [5, 5.41) is 13.6. The van der Waals surface area contributed by atoms with E-state index in [-0.39, 0.29) is 31.1 Å². The van der Waals surface area contributed by atoms with Crippen molar-refractivity contribution < 1.29 is 29.0 Å². The van der Waals surface area contributed by atoms with Crippen LogP contribution >= 0.6 is 0 Å². The Morgan fingerprint density at radius 1 is 1.20 bits per heavy atom. The maximum atomic E-state index is 14.0. The highest BCUT2D eigenvalue weighted by atomic mass is 16.6. The lowest BCUT2D eigenvalue weighted by molar-refractivity contribution is -0.155. The molecule has 2 bridgehead atoms. The second-order valence-electron chi connectivity index (χ2n) is 10.4. The predicted molar refractivity (Wildman–Crippen MR) is 127 cm³/mol. The Balaban J connectivity index is 1.50. The van der Waals surface area contributed by atoms with Crippen LogP contribution in [0.1, 0.15) is 57.4 Å². The van der Waals surface area contributed by atoms with Crippen molar-refractivity contribution in [3.8, 4) is 0 Å². The average Bonchev–Trinajstić information content (AvgIpc) is 3.51. The lowest BCUT2D eigenvalue weighted by Crippen LogP contribution is -2.59. The summed E-state index contributed by atoms with van der Waals surface area (Å²) in [5.41, 5.74) is -0.102. The molecule has 4 aliphatic rings. The maximum absolute atomic E-state index is 14.0. The number of esters is 1. The third kappa shape index (κ3) is 4.14. The van der Waals surface area contributed by atoms with Crippen LogP contribution in [-0.2, 0) is 30.3 Å². The van der Waals surface area contributed by atoms with Gasteiger partial charge in [-0.25, -0.2) is 0 Å². The van der Waals surface area contributed by atoms with E-state index in [9.17, 15) is 19.5 Å². The number of nitrogens with one attached hydrogen (secondary N) is 1. The number of likely N-dealkylation sites (tertiary alicyclic amines) is 1. The largest absolute Gasteiger partial charge is 0.466 e. The van der Waals surface area contributed by atoms with E-state index in [2.05, 4.69) is 5.32 Å². The number of nitrogens with zero attached hydrogens (tertiary/aromatic N) is 1. The molecule has 0 radical (unpaired) electrons. The summed E-state index contributed by atoms with van der Waals surface area (Å²) in [6.45, 7) is 1.68. The molecule has 3 aliphatic heterocycles. The molecule has 1 saturated carbocycles. The predicted octanol–water partition coefficient (Wildman–Crippen LogP) is 1.98. The Morgan fingerprint density at radius 3 is 2.63 bits per heavy atom. The van der Waals surface area contributed by atoms with Gasteiger partial charge in [-0.2, -0.15) is 0 Å². The van der Waals surface area contributed by atoms with Crippen molar-refractivity contribution in [2.75, 3.05) is 13.2 Å². The van der Waals surface area contributed by atoms with Crippen LogP contribution in [-0.4, -0.2) is 70.8 Å². The molecule has 8 heteroatoms. The average molecular weight is 485 g/mol. The number of fused-ring (bicyclic) bond motifs is 1. The van der Waals surface area contributed by atoms with E-state index >= 15 is 0 Å². The Labute approximate surface area is 206 Å². The second kappa shape index (κ2) is 9.90. The first-order valence-electron chi connectivity index (χ1n) is 13.1. The van der Waals surface area contributed by atoms with Crippen molar-refractivity contribution in [2.45, 2.75) is 88.1 Å². The van der Waals surface area contributed by atoms with E-state index in [0.29, 0.717) is 19.3 Å². The molecule has 1 aliphatic carbocycles. The van der Waals surface area contributed by atoms with Gasteiger partial charge in [0.05, 0.1) is 37.2 Å². The van der Waals surface area contributed by atoms with Gasteiger partial charge in [-0.3, -0.25) is 14.4 Å². The number of rotatable bonds is 8.